The summed E-state index contributed by atoms with van der Waals surface area (Å²) in [7, 11) is 0. The Morgan fingerprint density at radius 1 is 1.06 bits per heavy atom. The standard InChI is InChI=1S/C12H22N2O2/c1-9-2-4-10(5-3-9)13-12(15)14-11-6-7-16-8-11/h9-11H,2-8H2,1H3,(H2,13,14,15). The molecule has 0 aromatic carbocycles. The number of hydrogen-bond donors (Lipinski definition) is 2. The second-order valence-electron chi connectivity index (χ2n) is 5.14. The van der Waals surface area contributed by atoms with E-state index in [1.54, 1.807) is 0 Å². The fourth-order valence-corrected chi connectivity index (χ4v) is 2.47. The molecular weight excluding hydrogens is 204 g/mol. The van der Waals surface area contributed by atoms with E-state index in [2.05, 4.69) is 17.6 Å². The Morgan fingerprint density at radius 2 is 1.75 bits per heavy atom. The van der Waals surface area contributed by atoms with Gasteiger partial charge >= 0.3 is 6.03 Å². The summed E-state index contributed by atoms with van der Waals surface area (Å²) in [6.07, 6.45) is 5.65. The number of nitrogens with one attached hydrogen (secondary N) is 2. The molecule has 0 aromatic rings. The lowest BCUT2D eigenvalue weighted by molar-refractivity contribution is 0.187. The molecule has 0 radical (unpaired) electrons. The number of rotatable bonds is 2. The molecule has 1 atom stereocenters. The number of carbonyl (C=O) groups excluding carboxylic acids is 1. The second kappa shape index (κ2) is 5.53. The zero-order valence-corrected chi connectivity index (χ0v) is 10.00. The summed E-state index contributed by atoms with van der Waals surface area (Å²) in [4.78, 5) is 11.7. The molecule has 92 valence electrons. The van der Waals surface area contributed by atoms with E-state index in [1.165, 1.54) is 12.8 Å². The summed E-state index contributed by atoms with van der Waals surface area (Å²) in [5.74, 6) is 0.823. The van der Waals surface area contributed by atoms with E-state index in [4.69, 9.17) is 4.74 Å². The molecule has 16 heavy (non-hydrogen) atoms. The van der Waals surface area contributed by atoms with E-state index >= 15 is 0 Å². The van der Waals surface area contributed by atoms with Crippen molar-refractivity contribution in [2.24, 2.45) is 5.92 Å². The molecule has 1 saturated heterocycles. The molecule has 2 N–H and O–H groups in total. The van der Waals surface area contributed by atoms with Gasteiger partial charge in [-0.1, -0.05) is 6.92 Å². The minimum atomic E-state index is -0.0185. The van der Waals surface area contributed by atoms with Crippen LogP contribution in [0.4, 0.5) is 4.79 Å². The van der Waals surface area contributed by atoms with Gasteiger partial charge in [-0.3, -0.25) is 0 Å². The van der Waals surface area contributed by atoms with E-state index in [0.717, 1.165) is 31.8 Å². The van der Waals surface area contributed by atoms with E-state index < -0.39 is 0 Å². The van der Waals surface area contributed by atoms with Crippen molar-refractivity contribution in [3.05, 3.63) is 0 Å². The van der Waals surface area contributed by atoms with Crippen LogP contribution in [0.5, 0.6) is 0 Å². The third-order valence-electron chi connectivity index (χ3n) is 3.62. The quantitative estimate of drug-likeness (QED) is 0.752. The Balaban J connectivity index is 1.66. The summed E-state index contributed by atoms with van der Waals surface area (Å²) in [5.41, 5.74) is 0. The molecule has 0 spiro atoms. The first-order valence-corrected chi connectivity index (χ1v) is 6.39. The molecule has 2 aliphatic rings. The van der Waals surface area contributed by atoms with Crippen molar-refractivity contribution in [1.29, 1.82) is 0 Å². The van der Waals surface area contributed by atoms with Crippen molar-refractivity contribution in [3.63, 3.8) is 0 Å². The van der Waals surface area contributed by atoms with Gasteiger partial charge in [0.2, 0.25) is 0 Å². The molecule has 2 amide bonds. The molecule has 2 fully saturated rings. The van der Waals surface area contributed by atoms with Crippen LogP contribution < -0.4 is 10.6 Å². The first-order valence-electron chi connectivity index (χ1n) is 6.39. The largest absolute Gasteiger partial charge is 0.379 e. The maximum Gasteiger partial charge on any atom is 0.315 e. The summed E-state index contributed by atoms with van der Waals surface area (Å²) >= 11 is 0. The highest BCUT2D eigenvalue weighted by molar-refractivity contribution is 5.74. The minimum absolute atomic E-state index is 0.0185. The van der Waals surface area contributed by atoms with Gasteiger partial charge in [0.05, 0.1) is 12.6 Å². The first kappa shape index (κ1) is 11.7. The normalized spacial score (nSPS) is 34.7. The number of ether oxygens (including phenoxy) is 1. The van der Waals surface area contributed by atoms with Crippen LogP contribution in [-0.2, 0) is 4.74 Å². The predicted molar refractivity (Wildman–Crippen MR) is 62.3 cm³/mol. The van der Waals surface area contributed by atoms with Crippen LogP contribution >= 0.6 is 0 Å². The maximum absolute atomic E-state index is 11.7. The number of urea groups is 1. The first-order chi connectivity index (χ1) is 7.74. The van der Waals surface area contributed by atoms with Crippen molar-refractivity contribution in [2.45, 2.75) is 51.1 Å². The van der Waals surface area contributed by atoms with Gasteiger partial charge in [-0.05, 0) is 38.0 Å². The zero-order valence-electron chi connectivity index (χ0n) is 10.00. The third-order valence-corrected chi connectivity index (χ3v) is 3.62. The molecule has 1 aliphatic heterocycles. The Labute approximate surface area is 97.1 Å². The topological polar surface area (TPSA) is 50.4 Å². The van der Waals surface area contributed by atoms with Gasteiger partial charge in [0, 0.05) is 12.6 Å². The van der Waals surface area contributed by atoms with Crippen LogP contribution in [0.25, 0.3) is 0 Å². The number of hydrogen-bond acceptors (Lipinski definition) is 2. The Morgan fingerprint density at radius 3 is 2.38 bits per heavy atom. The van der Waals surface area contributed by atoms with Crippen molar-refractivity contribution in [2.75, 3.05) is 13.2 Å². The number of carbonyl (C=O) groups is 1. The van der Waals surface area contributed by atoms with Crippen LogP contribution in [0.3, 0.4) is 0 Å². The number of amides is 2. The molecule has 1 unspecified atom stereocenters. The van der Waals surface area contributed by atoms with Crippen molar-refractivity contribution in [1.82, 2.24) is 10.6 Å². The highest BCUT2D eigenvalue weighted by Gasteiger charge is 2.22. The predicted octanol–water partition coefficient (Wildman–Crippen LogP) is 1.65. The van der Waals surface area contributed by atoms with Crippen LogP contribution in [0, 0.1) is 5.92 Å². The Hall–Kier alpha value is -0.770. The highest BCUT2D eigenvalue weighted by Crippen LogP contribution is 2.23. The lowest BCUT2D eigenvalue weighted by Gasteiger charge is -2.27. The average Bonchev–Trinajstić information content (AvgIpc) is 2.74. The molecule has 1 aliphatic carbocycles. The monoisotopic (exact) mass is 226 g/mol. The summed E-state index contributed by atoms with van der Waals surface area (Å²) in [5, 5.41) is 6.02. The molecule has 0 bridgehead atoms. The lowest BCUT2D eigenvalue weighted by Crippen LogP contribution is -2.47. The van der Waals surface area contributed by atoms with Crippen molar-refractivity contribution >= 4 is 6.03 Å². The van der Waals surface area contributed by atoms with E-state index in [-0.39, 0.29) is 12.1 Å². The van der Waals surface area contributed by atoms with Crippen LogP contribution in [0.1, 0.15) is 39.0 Å². The van der Waals surface area contributed by atoms with E-state index in [1.807, 2.05) is 0 Å². The second-order valence-corrected chi connectivity index (χ2v) is 5.14. The maximum atomic E-state index is 11.7. The van der Waals surface area contributed by atoms with Gasteiger partial charge in [-0.25, -0.2) is 4.79 Å². The lowest BCUT2D eigenvalue weighted by atomic mass is 9.87. The van der Waals surface area contributed by atoms with Crippen LogP contribution in [-0.4, -0.2) is 31.3 Å². The fourth-order valence-electron chi connectivity index (χ4n) is 2.47. The molecular formula is C12H22N2O2. The SMILES string of the molecule is CC1CCC(NC(=O)NC2CCOC2)CC1. The molecule has 1 saturated carbocycles. The van der Waals surface area contributed by atoms with Crippen molar-refractivity contribution in [3.8, 4) is 0 Å². The Bertz CT molecular complexity index is 231. The van der Waals surface area contributed by atoms with Crippen LogP contribution in [0.2, 0.25) is 0 Å². The summed E-state index contributed by atoms with van der Waals surface area (Å²) in [6.45, 7) is 3.72. The Kier molecular flexibility index (Phi) is 4.04. The van der Waals surface area contributed by atoms with Gasteiger partial charge in [-0.2, -0.15) is 0 Å². The summed E-state index contributed by atoms with van der Waals surface area (Å²) in [6, 6.07) is 0.566. The van der Waals surface area contributed by atoms with Gasteiger partial charge in [0.15, 0.2) is 0 Å². The molecule has 4 nitrogen and oxygen atoms in total. The van der Waals surface area contributed by atoms with Gasteiger partial charge in [-0.15, -0.1) is 0 Å². The molecule has 0 aromatic heterocycles. The van der Waals surface area contributed by atoms with Gasteiger partial charge < -0.3 is 15.4 Å². The van der Waals surface area contributed by atoms with Gasteiger partial charge in [0.1, 0.15) is 0 Å². The average molecular weight is 226 g/mol. The van der Waals surface area contributed by atoms with E-state index in [0.29, 0.717) is 12.6 Å². The highest BCUT2D eigenvalue weighted by atomic mass is 16.5. The molecule has 4 heteroatoms. The van der Waals surface area contributed by atoms with Crippen LogP contribution in [0.15, 0.2) is 0 Å². The minimum Gasteiger partial charge on any atom is -0.379 e. The molecule has 2 rings (SSSR count). The van der Waals surface area contributed by atoms with Crippen molar-refractivity contribution < 1.29 is 9.53 Å². The zero-order chi connectivity index (χ0) is 11.4. The van der Waals surface area contributed by atoms with Gasteiger partial charge in [0.25, 0.3) is 0 Å². The molecule has 1 heterocycles. The van der Waals surface area contributed by atoms with E-state index in [9.17, 15) is 4.79 Å². The smallest absolute Gasteiger partial charge is 0.315 e. The third kappa shape index (κ3) is 3.37. The fraction of sp³-hybridized carbons (Fsp3) is 0.917. The summed E-state index contributed by atoms with van der Waals surface area (Å²) < 4.78 is 5.22.